The molecule has 0 aromatic heterocycles. The first kappa shape index (κ1) is 18.4. The second-order valence-corrected chi connectivity index (χ2v) is 6.73. The van der Waals surface area contributed by atoms with Crippen LogP contribution in [0.1, 0.15) is 47.1 Å². The molecule has 0 saturated carbocycles. The Labute approximate surface area is 147 Å². The van der Waals surface area contributed by atoms with E-state index in [1.165, 1.54) is 12.1 Å². The Kier molecular flexibility index (Phi) is 5.37. The number of ketones is 2. The highest BCUT2D eigenvalue weighted by Crippen LogP contribution is 2.15. The van der Waals surface area contributed by atoms with Gasteiger partial charge in [-0.3, -0.25) is 14.9 Å². The van der Waals surface area contributed by atoms with E-state index >= 15 is 0 Å². The normalized spacial score (nSPS) is 10.9. The molecular formula is C20H21NO4. The van der Waals surface area contributed by atoms with Gasteiger partial charge in [-0.25, -0.2) is 4.79 Å². The number of hydrogen-bond donors (Lipinski definition) is 1. The first-order chi connectivity index (χ1) is 11.7. The highest BCUT2D eigenvalue weighted by molar-refractivity contribution is 6.49. The van der Waals surface area contributed by atoms with Gasteiger partial charge in [-0.2, -0.15) is 0 Å². The van der Waals surface area contributed by atoms with E-state index in [2.05, 4.69) is 5.32 Å². The lowest BCUT2D eigenvalue weighted by molar-refractivity contribution is 0.0635. The first-order valence-electron chi connectivity index (χ1n) is 7.91. The number of carbonyl (C=O) groups is 3. The molecule has 0 aliphatic carbocycles. The number of nitrogens with one attached hydrogen (secondary N) is 1. The van der Waals surface area contributed by atoms with E-state index in [0.717, 1.165) is 5.56 Å². The van der Waals surface area contributed by atoms with Crippen molar-refractivity contribution in [1.82, 2.24) is 0 Å². The molecule has 5 nitrogen and oxygen atoms in total. The number of anilines is 1. The van der Waals surface area contributed by atoms with E-state index in [-0.39, 0.29) is 5.56 Å². The van der Waals surface area contributed by atoms with Gasteiger partial charge >= 0.3 is 6.09 Å². The largest absolute Gasteiger partial charge is 0.444 e. The number of amides is 1. The molecule has 0 aliphatic heterocycles. The highest BCUT2D eigenvalue weighted by atomic mass is 16.6. The first-order valence-corrected chi connectivity index (χ1v) is 7.91. The molecule has 5 heteroatoms. The van der Waals surface area contributed by atoms with Gasteiger partial charge in [-0.15, -0.1) is 0 Å². The number of Topliss-reactive ketones (excluding diaryl/α,β-unsaturated/α-hetero) is 2. The Bertz CT molecular complexity index is 784. The number of aryl methyl sites for hydroxylation is 1. The maximum absolute atomic E-state index is 12.3. The van der Waals surface area contributed by atoms with Crippen LogP contribution in [0.5, 0.6) is 0 Å². The van der Waals surface area contributed by atoms with Crippen molar-refractivity contribution in [2.24, 2.45) is 0 Å². The molecule has 130 valence electrons. The van der Waals surface area contributed by atoms with E-state index < -0.39 is 23.3 Å². The minimum absolute atomic E-state index is 0.264. The lowest BCUT2D eigenvalue weighted by Gasteiger charge is -2.19. The van der Waals surface area contributed by atoms with E-state index in [1.807, 2.05) is 6.92 Å². The van der Waals surface area contributed by atoms with Crippen molar-refractivity contribution in [2.75, 3.05) is 5.32 Å². The second-order valence-electron chi connectivity index (χ2n) is 6.73. The summed E-state index contributed by atoms with van der Waals surface area (Å²) >= 11 is 0. The van der Waals surface area contributed by atoms with Crippen molar-refractivity contribution in [3.63, 3.8) is 0 Å². The van der Waals surface area contributed by atoms with Crippen LogP contribution in [0.3, 0.4) is 0 Å². The van der Waals surface area contributed by atoms with Crippen LogP contribution in [0.2, 0.25) is 0 Å². The third kappa shape index (κ3) is 5.28. The van der Waals surface area contributed by atoms with Crippen molar-refractivity contribution in [3.8, 4) is 0 Å². The monoisotopic (exact) mass is 339 g/mol. The Hall–Kier alpha value is -2.95. The van der Waals surface area contributed by atoms with Gasteiger partial charge in [0.2, 0.25) is 11.6 Å². The van der Waals surface area contributed by atoms with Crippen LogP contribution in [0.4, 0.5) is 10.5 Å². The van der Waals surface area contributed by atoms with E-state index in [4.69, 9.17) is 4.74 Å². The van der Waals surface area contributed by atoms with Gasteiger partial charge in [0.05, 0.1) is 0 Å². The van der Waals surface area contributed by atoms with Gasteiger partial charge in [-0.05, 0) is 52.0 Å². The van der Waals surface area contributed by atoms with Gasteiger partial charge in [0.1, 0.15) is 5.60 Å². The summed E-state index contributed by atoms with van der Waals surface area (Å²) < 4.78 is 5.15. The molecule has 1 amide bonds. The van der Waals surface area contributed by atoms with Crippen LogP contribution in [-0.4, -0.2) is 23.3 Å². The van der Waals surface area contributed by atoms with Gasteiger partial charge < -0.3 is 4.74 Å². The third-order valence-corrected chi connectivity index (χ3v) is 3.31. The van der Waals surface area contributed by atoms with E-state index in [1.54, 1.807) is 57.2 Å². The molecule has 25 heavy (non-hydrogen) atoms. The molecule has 0 spiro atoms. The van der Waals surface area contributed by atoms with Crippen molar-refractivity contribution in [1.29, 1.82) is 0 Å². The molecule has 2 aromatic carbocycles. The quantitative estimate of drug-likeness (QED) is 0.661. The molecule has 0 radical (unpaired) electrons. The van der Waals surface area contributed by atoms with Crippen molar-refractivity contribution in [3.05, 3.63) is 65.2 Å². The summed E-state index contributed by atoms with van der Waals surface area (Å²) in [6, 6.07) is 13.0. The fourth-order valence-electron chi connectivity index (χ4n) is 2.09. The predicted molar refractivity (Wildman–Crippen MR) is 96.1 cm³/mol. The summed E-state index contributed by atoms with van der Waals surface area (Å²) in [5, 5.41) is 2.57. The van der Waals surface area contributed by atoms with Gasteiger partial charge in [0.25, 0.3) is 0 Å². The lowest BCUT2D eigenvalue weighted by Crippen LogP contribution is -2.27. The van der Waals surface area contributed by atoms with Crippen molar-refractivity contribution < 1.29 is 19.1 Å². The predicted octanol–water partition coefficient (Wildman–Crippen LogP) is 4.41. The number of carbonyl (C=O) groups excluding carboxylic acids is 3. The molecule has 0 heterocycles. The van der Waals surface area contributed by atoms with Crippen LogP contribution < -0.4 is 5.32 Å². The zero-order valence-electron chi connectivity index (χ0n) is 14.8. The fraction of sp³-hybridized carbons (Fsp3) is 0.250. The summed E-state index contributed by atoms with van der Waals surface area (Å²) in [5.41, 5.74) is 1.52. The molecule has 0 aliphatic rings. The van der Waals surface area contributed by atoms with E-state index in [0.29, 0.717) is 11.3 Å². The Balaban J connectivity index is 2.06. The van der Waals surface area contributed by atoms with Crippen molar-refractivity contribution >= 4 is 23.3 Å². The second kappa shape index (κ2) is 7.30. The highest BCUT2D eigenvalue weighted by Gasteiger charge is 2.19. The van der Waals surface area contributed by atoms with Crippen LogP contribution >= 0.6 is 0 Å². The zero-order chi connectivity index (χ0) is 18.6. The molecule has 0 saturated heterocycles. The smallest absolute Gasteiger partial charge is 0.412 e. The molecule has 0 atom stereocenters. The summed E-state index contributed by atoms with van der Waals surface area (Å²) in [4.78, 5) is 36.2. The summed E-state index contributed by atoms with van der Waals surface area (Å²) in [6.07, 6.45) is -0.581. The molecular weight excluding hydrogens is 318 g/mol. The van der Waals surface area contributed by atoms with Crippen LogP contribution in [-0.2, 0) is 4.74 Å². The zero-order valence-corrected chi connectivity index (χ0v) is 14.8. The Morgan fingerprint density at radius 1 is 0.800 bits per heavy atom. The SMILES string of the molecule is Cc1ccc(C(=O)C(=O)c2ccc(NC(=O)OC(C)(C)C)cc2)cc1. The Morgan fingerprint density at radius 3 is 1.68 bits per heavy atom. The molecule has 2 aromatic rings. The third-order valence-electron chi connectivity index (χ3n) is 3.31. The van der Waals surface area contributed by atoms with Crippen LogP contribution in [0.25, 0.3) is 0 Å². The Morgan fingerprint density at radius 2 is 1.24 bits per heavy atom. The van der Waals surface area contributed by atoms with Crippen molar-refractivity contribution in [2.45, 2.75) is 33.3 Å². The topological polar surface area (TPSA) is 72.5 Å². The minimum Gasteiger partial charge on any atom is -0.444 e. The summed E-state index contributed by atoms with van der Waals surface area (Å²) in [7, 11) is 0. The number of ether oxygens (including phenoxy) is 1. The van der Waals surface area contributed by atoms with Gasteiger partial charge in [0, 0.05) is 16.8 Å². The summed E-state index contributed by atoms with van der Waals surface area (Å²) in [5.74, 6) is -1.15. The molecule has 2 rings (SSSR count). The molecule has 0 fully saturated rings. The van der Waals surface area contributed by atoms with Crippen LogP contribution in [0, 0.1) is 6.92 Å². The number of rotatable bonds is 4. The standard InChI is InChI=1S/C20H21NO4/c1-13-5-7-14(8-6-13)17(22)18(23)15-9-11-16(12-10-15)21-19(24)25-20(2,3)4/h5-12H,1-4H3,(H,21,24). The number of benzene rings is 2. The maximum Gasteiger partial charge on any atom is 0.412 e. The summed E-state index contributed by atoms with van der Waals surface area (Å²) in [6.45, 7) is 7.22. The fourth-order valence-corrected chi connectivity index (χ4v) is 2.09. The van der Waals surface area contributed by atoms with Gasteiger partial charge in [0.15, 0.2) is 0 Å². The lowest BCUT2D eigenvalue weighted by atomic mass is 10.0. The minimum atomic E-state index is -0.597. The van der Waals surface area contributed by atoms with Gasteiger partial charge in [-0.1, -0.05) is 29.8 Å². The van der Waals surface area contributed by atoms with E-state index in [9.17, 15) is 14.4 Å². The molecule has 0 bridgehead atoms. The molecule has 1 N–H and O–H groups in total. The average Bonchev–Trinajstić information content (AvgIpc) is 2.53. The van der Waals surface area contributed by atoms with Crippen LogP contribution in [0.15, 0.2) is 48.5 Å². The number of hydrogen-bond acceptors (Lipinski definition) is 4. The average molecular weight is 339 g/mol. The molecule has 0 unspecified atom stereocenters. The maximum atomic E-state index is 12.3.